The predicted octanol–water partition coefficient (Wildman–Crippen LogP) is 2.56. The maximum atomic E-state index is 10.3. The Labute approximate surface area is 171 Å². The number of aliphatic hydroxyl groups is 1. The zero-order chi connectivity index (χ0) is 20.6. The summed E-state index contributed by atoms with van der Waals surface area (Å²) in [5, 5.41) is 13.5. The van der Waals surface area contributed by atoms with Gasteiger partial charge in [0.05, 0.1) is 6.54 Å². The molecule has 2 N–H and O–H groups in total. The first-order chi connectivity index (χ1) is 14.0. The van der Waals surface area contributed by atoms with Crippen LogP contribution < -0.4 is 19.5 Å². The number of aliphatic hydroxyl groups excluding tert-OH is 1. The second-order valence-corrected chi connectivity index (χ2v) is 7.02. The van der Waals surface area contributed by atoms with E-state index in [1.807, 2.05) is 68.3 Å². The van der Waals surface area contributed by atoms with Gasteiger partial charge in [0.2, 0.25) is 6.79 Å². The van der Waals surface area contributed by atoms with Gasteiger partial charge < -0.3 is 29.5 Å². The maximum absolute atomic E-state index is 10.3. The third-order valence-corrected chi connectivity index (χ3v) is 4.44. The van der Waals surface area contributed by atoms with Gasteiger partial charge in [0.15, 0.2) is 17.5 Å². The molecule has 2 aromatic rings. The smallest absolute Gasteiger partial charge is 0.231 e. The van der Waals surface area contributed by atoms with E-state index >= 15 is 0 Å². The van der Waals surface area contributed by atoms with Crippen molar-refractivity contribution in [2.75, 3.05) is 33.5 Å². The maximum Gasteiger partial charge on any atom is 0.231 e. The van der Waals surface area contributed by atoms with E-state index < -0.39 is 6.10 Å². The highest BCUT2D eigenvalue weighted by atomic mass is 16.7. The third-order valence-electron chi connectivity index (χ3n) is 4.44. The second kappa shape index (κ2) is 10.0. The number of benzene rings is 2. The molecule has 0 saturated heterocycles. The molecule has 2 aromatic carbocycles. The van der Waals surface area contributed by atoms with Crippen molar-refractivity contribution in [3.05, 3.63) is 53.6 Å². The average molecular weight is 399 g/mol. The fourth-order valence-electron chi connectivity index (χ4n) is 3.00. The standard InChI is InChI=1S/C22H29N3O4/c1-4-23-22(24-12-18(26)14-27-19-7-5-6-16(2)10-19)25(3)13-17-8-9-20-21(11-17)29-15-28-20/h5-11,18,26H,4,12-15H2,1-3H3,(H,23,24). The molecular weight excluding hydrogens is 370 g/mol. The van der Waals surface area contributed by atoms with E-state index in [1.54, 1.807) is 0 Å². The molecule has 3 rings (SSSR count). The van der Waals surface area contributed by atoms with Crippen LogP contribution >= 0.6 is 0 Å². The van der Waals surface area contributed by atoms with Crippen LogP contribution in [0.4, 0.5) is 0 Å². The van der Waals surface area contributed by atoms with Crippen molar-refractivity contribution in [3.63, 3.8) is 0 Å². The molecule has 156 valence electrons. The van der Waals surface area contributed by atoms with Crippen molar-refractivity contribution < 1.29 is 19.3 Å². The number of nitrogens with one attached hydrogen (secondary N) is 1. The highest BCUT2D eigenvalue weighted by molar-refractivity contribution is 5.79. The van der Waals surface area contributed by atoms with E-state index in [0.717, 1.165) is 40.9 Å². The Morgan fingerprint density at radius 1 is 1.24 bits per heavy atom. The van der Waals surface area contributed by atoms with Gasteiger partial charge in [0.1, 0.15) is 18.5 Å². The highest BCUT2D eigenvalue weighted by Gasteiger charge is 2.15. The molecule has 0 fully saturated rings. The molecule has 1 aliphatic heterocycles. The summed E-state index contributed by atoms with van der Waals surface area (Å²) in [5.41, 5.74) is 2.21. The van der Waals surface area contributed by atoms with Crippen LogP contribution in [-0.2, 0) is 6.54 Å². The van der Waals surface area contributed by atoms with Gasteiger partial charge in [-0.25, -0.2) is 0 Å². The van der Waals surface area contributed by atoms with Crippen molar-refractivity contribution in [1.82, 2.24) is 10.2 Å². The van der Waals surface area contributed by atoms with Crippen molar-refractivity contribution in [2.24, 2.45) is 4.99 Å². The second-order valence-electron chi connectivity index (χ2n) is 7.02. The van der Waals surface area contributed by atoms with Crippen molar-refractivity contribution in [2.45, 2.75) is 26.5 Å². The molecule has 0 aromatic heterocycles. The fraction of sp³-hybridized carbons (Fsp3) is 0.409. The Balaban J connectivity index is 1.55. The number of rotatable bonds is 8. The van der Waals surface area contributed by atoms with Gasteiger partial charge in [0, 0.05) is 20.1 Å². The lowest BCUT2D eigenvalue weighted by Crippen LogP contribution is -2.39. The first-order valence-corrected chi connectivity index (χ1v) is 9.80. The molecule has 0 spiro atoms. The lowest BCUT2D eigenvalue weighted by atomic mass is 10.2. The minimum absolute atomic E-state index is 0.193. The summed E-state index contributed by atoms with van der Waals surface area (Å²) >= 11 is 0. The van der Waals surface area contributed by atoms with Crippen LogP contribution in [0.25, 0.3) is 0 Å². The van der Waals surface area contributed by atoms with E-state index in [1.165, 1.54) is 0 Å². The van der Waals surface area contributed by atoms with Gasteiger partial charge in [-0.05, 0) is 49.2 Å². The highest BCUT2D eigenvalue weighted by Crippen LogP contribution is 2.32. The Bertz CT molecular complexity index is 841. The largest absolute Gasteiger partial charge is 0.491 e. The van der Waals surface area contributed by atoms with Gasteiger partial charge in [-0.2, -0.15) is 0 Å². The van der Waals surface area contributed by atoms with E-state index in [2.05, 4.69) is 10.3 Å². The summed E-state index contributed by atoms with van der Waals surface area (Å²) in [4.78, 5) is 6.57. The number of hydrogen-bond acceptors (Lipinski definition) is 5. The number of hydrogen-bond donors (Lipinski definition) is 2. The van der Waals surface area contributed by atoms with E-state index in [0.29, 0.717) is 6.54 Å². The van der Waals surface area contributed by atoms with E-state index in [9.17, 15) is 5.11 Å². The summed E-state index contributed by atoms with van der Waals surface area (Å²) in [6.07, 6.45) is -0.692. The molecule has 1 unspecified atom stereocenters. The first-order valence-electron chi connectivity index (χ1n) is 9.80. The van der Waals surface area contributed by atoms with Crippen LogP contribution in [0, 0.1) is 6.92 Å². The van der Waals surface area contributed by atoms with Crippen molar-refractivity contribution in [3.8, 4) is 17.2 Å². The summed E-state index contributed by atoms with van der Waals surface area (Å²) in [6.45, 7) is 6.12. The van der Waals surface area contributed by atoms with Crippen LogP contribution in [0.15, 0.2) is 47.5 Å². The number of aryl methyl sites for hydroxylation is 1. The lowest BCUT2D eigenvalue weighted by molar-refractivity contribution is 0.114. The third kappa shape index (κ3) is 6.02. The molecule has 0 bridgehead atoms. The molecule has 29 heavy (non-hydrogen) atoms. The topological polar surface area (TPSA) is 75.6 Å². The van der Waals surface area contributed by atoms with Crippen molar-refractivity contribution in [1.29, 1.82) is 0 Å². The zero-order valence-corrected chi connectivity index (χ0v) is 17.2. The molecule has 1 aliphatic rings. The molecule has 1 heterocycles. The summed E-state index contributed by atoms with van der Waals surface area (Å²) < 4.78 is 16.5. The Hall–Kier alpha value is -2.93. The van der Waals surface area contributed by atoms with Crippen LogP contribution in [0.2, 0.25) is 0 Å². The number of nitrogens with zero attached hydrogens (tertiary/aromatic N) is 2. The van der Waals surface area contributed by atoms with Crippen molar-refractivity contribution >= 4 is 5.96 Å². The monoisotopic (exact) mass is 399 g/mol. The molecule has 0 aliphatic carbocycles. The zero-order valence-electron chi connectivity index (χ0n) is 17.2. The minimum atomic E-state index is -0.692. The molecule has 7 nitrogen and oxygen atoms in total. The first kappa shape index (κ1) is 20.8. The fourth-order valence-corrected chi connectivity index (χ4v) is 3.00. The lowest BCUT2D eigenvalue weighted by Gasteiger charge is -2.23. The van der Waals surface area contributed by atoms with Crippen LogP contribution in [0.5, 0.6) is 17.2 Å². The summed E-state index contributed by atoms with van der Waals surface area (Å²) in [6, 6.07) is 13.7. The van der Waals surface area contributed by atoms with Gasteiger partial charge in [-0.3, -0.25) is 4.99 Å². The number of guanidine groups is 1. The van der Waals surface area contributed by atoms with Crippen LogP contribution in [0.1, 0.15) is 18.1 Å². The van der Waals surface area contributed by atoms with Gasteiger partial charge in [-0.1, -0.05) is 18.2 Å². The van der Waals surface area contributed by atoms with Crippen LogP contribution in [0.3, 0.4) is 0 Å². The summed E-state index contributed by atoms with van der Waals surface area (Å²) in [5.74, 6) is 3.01. The van der Waals surface area contributed by atoms with Crippen LogP contribution in [-0.4, -0.2) is 55.6 Å². The average Bonchev–Trinajstić information content (AvgIpc) is 3.17. The molecule has 0 amide bonds. The van der Waals surface area contributed by atoms with E-state index in [4.69, 9.17) is 14.2 Å². The van der Waals surface area contributed by atoms with Gasteiger partial charge in [-0.15, -0.1) is 0 Å². The molecule has 7 heteroatoms. The quantitative estimate of drug-likeness (QED) is 0.525. The normalized spacial score (nSPS) is 13.9. The number of ether oxygens (including phenoxy) is 3. The molecule has 0 saturated carbocycles. The summed E-state index contributed by atoms with van der Waals surface area (Å²) in [7, 11) is 1.96. The van der Waals surface area contributed by atoms with Gasteiger partial charge >= 0.3 is 0 Å². The predicted molar refractivity (Wildman–Crippen MR) is 113 cm³/mol. The Morgan fingerprint density at radius 3 is 2.86 bits per heavy atom. The number of fused-ring (bicyclic) bond motifs is 1. The molecule has 0 radical (unpaired) electrons. The number of aliphatic imine (C=N–C) groups is 1. The Kier molecular flexibility index (Phi) is 7.19. The Morgan fingerprint density at radius 2 is 2.07 bits per heavy atom. The molecule has 1 atom stereocenters. The SMILES string of the molecule is CCNC(=NCC(O)COc1cccc(C)c1)N(C)Cc1ccc2c(c1)OCO2. The van der Waals surface area contributed by atoms with E-state index in [-0.39, 0.29) is 19.9 Å². The minimum Gasteiger partial charge on any atom is -0.491 e. The molecular formula is C22H29N3O4. The van der Waals surface area contributed by atoms with Gasteiger partial charge in [0.25, 0.3) is 0 Å².